The molecule has 0 aliphatic rings. The second-order valence-electron chi connectivity index (χ2n) is 6.55. The Morgan fingerprint density at radius 3 is 2.57 bits per heavy atom. The molecule has 0 atom stereocenters. The molecule has 28 heavy (non-hydrogen) atoms. The Morgan fingerprint density at radius 2 is 1.93 bits per heavy atom. The highest BCUT2D eigenvalue weighted by Crippen LogP contribution is 2.36. The highest BCUT2D eigenvalue weighted by molar-refractivity contribution is 6.30. The number of fused-ring (bicyclic) bond motifs is 1. The summed E-state index contributed by atoms with van der Waals surface area (Å²) in [6.45, 7) is 4.14. The molecule has 0 unspecified atom stereocenters. The van der Waals surface area contributed by atoms with Crippen molar-refractivity contribution in [3.8, 4) is 16.9 Å². The summed E-state index contributed by atoms with van der Waals surface area (Å²) in [5.41, 5.74) is 4.62. The lowest BCUT2D eigenvalue weighted by Crippen LogP contribution is -2.21. The van der Waals surface area contributed by atoms with Gasteiger partial charge in [-0.05, 0) is 37.6 Å². The monoisotopic (exact) mass is 395 g/mol. The van der Waals surface area contributed by atoms with Gasteiger partial charge in [0.1, 0.15) is 11.5 Å². The molecule has 6 nitrogen and oxygen atoms in total. The maximum atomic E-state index is 12.5. The van der Waals surface area contributed by atoms with E-state index in [0.29, 0.717) is 34.1 Å². The number of aryl methyl sites for hydroxylation is 2. The van der Waals surface area contributed by atoms with Gasteiger partial charge in [-0.15, -0.1) is 0 Å². The van der Waals surface area contributed by atoms with Gasteiger partial charge in [0.2, 0.25) is 0 Å². The maximum absolute atomic E-state index is 12.5. The summed E-state index contributed by atoms with van der Waals surface area (Å²) < 4.78 is 12.6. The topological polar surface area (TPSA) is 70.2 Å². The molecule has 4 aromatic rings. The molecule has 0 N–H and O–H groups in total. The highest BCUT2D eigenvalue weighted by atomic mass is 35.5. The predicted octanol–water partition coefficient (Wildman–Crippen LogP) is 4.38. The van der Waals surface area contributed by atoms with Crippen molar-refractivity contribution in [1.29, 1.82) is 0 Å². The fourth-order valence-electron chi connectivity index (χ4n) is 3.36. The molecule has 0 saturated heterocycles. The van der Waals surface area contributed by atoms with Gasteiger partial charge < -0.3 is 13.8 Å². The SMILES string of the molecule is COc1cc2c(cc1-c1c(C)noc1C)ncc(=O)n2Cc1ccc(Cl)cc1. The lowest BCUT2D eigenvalue weighted by Gasteiger charge is -2.14. The molecule has 0 radical (unpaired) electrons. The highest BCUT2D eigenvalue weighted by Gasteiger charge is 2.18. The molecule has 4 rings (SSSR count). The number of aromatic nitrogens is 3. The van der Waals surface area contributed by atoms with Gasteiger partial charge in [-0.1, -0.05) is 28.9 Å². The zero-order valence-corrected chi connectivity index (χ0v) is 16.4. The van der Waals surface area contributed by atoms with Crippen LogP contribution in [0.2, 0.25) is 5.02 Å². The van der Waals surface area contributed by atoms with Crippen LogP contribution < -0.4 is 10.3 Å². The summed E-state index contributed by atoms with van der Waals surface area (Å²) in [6.07, 6.45) is 1.34. The number of halogens is 1. The van der Waals surface area contributed by atoms with E-state index >= 15 is 0 Å². The van der Waals surface area contributed by atoms with Gasteiger partial charge in [-0.3, -0.25) is 4.79 Å². The molecule has 0 amide bonds. The van der Waals surface area contributed by atoms with E-state index in [4.69, 9.17) is 20.9 Å². The van der Waals surface area contributed by atoms with E-state index in [-0.39, 0.29) is 5.56 Å². The summed E-state index contributed by atoms with van der Waals surface area (Å²) >= 11 is 5.96. The summed E-state index contributed by atoms with van der Waals surface area (Å²) in [4.78, 5) is 16.9. The van der Waals surface area contributed by atoms with Crippen LogP contribution in [0.25, 0.3) is 22.2 Å². The molecular weight excluding hydrogens is 378 g/mol. The second-order valence-corrected chi connectivity index (χ2v) is 6.99. The van der Waals surface area contributed by atoms with Crippen molar-refractivity contribution in [2.45, 2.75) is 20.4 Å². The largest absolute Gasteiger partial charge is 0.496 e. The van der Waals surface area contributed by atoms with Crippen LogP contribution in [0.3, 0.4) is 0 Å². The molecule has 2 aromatic heterocycles. The van der Waals surface area contributed by atoms with Crippen molar-refractivity contribution < 1.29 is 9.26 Å². The van der Waals surface area contributed by atoms with Crippen molar-refractivity contribution in [2.75, 3.05) is 7.11 Å². The van der Waals surface area contributed by atoms with Crippen molar-refractivity contribution in [3.05, 3.63) is 75.0 Å². The third-order valence-electron chi connectivity index (χ3n) is 4.72. The van der Waals surface area contributed by atoms with Gasteiger partial charge >= 0.3 is 0 Å². The molecule has 0 aliphatic carbocycles. The quantitative estimate of drug-likeness (QED) is 0.513. The van der Waals surface area contributed by atoms with Gasteiger partial charge in [-0.2, -0.15) is 0 Å². The first-order valence-electron chi connectivity index (χ1n) is 8.73. The maximum Gasteiger partial charge on any atom is 0.269 e. The first kappa shape index (κ1) is 18.3. The number of benzene rings is 2. The Balaban J connectivity index is 1.91. The van der Waals surface area contributed by atoms with E-state index in [0.717, 1.165) is 22.4 Å². The fourth-order valence-corrected chi connectivity index (χ4v) is 3.48. The van der Waals surface area contributed by atoms with Crippen molar-refractivity contribution in [2.24, 2.45) is 0 Å². The van der Waals surface area contributed by atoms with Gasteiger partial charge in [-0.25, -0.2) is 4.98 Å². The minimum atomic E-state index is -0.186. The molecule has 2 aromatic carbocycles. The summed E-state index contributed by atoms with van der Waals surface area (Å²) in [6, 6.07) is 11.1. The molecule has 0 bridgehead atoms. The number of hydrogen-bond donors (Lipinski definition) is 0. The predicted molar refractivity (Wildman–Crippen MR) is 108 cm³/mol. The van der Waals surface area contributed by atoms with Gasteiger partial charge in [0.05, 0.1) is 42.1 Å². The average molecular weight is 396 g/mol. The van der Waals surface area contributed by atoms with E-state index < -0.39 is 0 Å². The fraction of sp³-hybridized carbons (Fsp3) is 0.190. The minimum absolute atomic E-state index is 0.186. The number of hydrogen-bond acceptors (Lipinski definition) is 5. The van der Waals surface area contributed by atoms with Crippen LogP contribution in [0.15, 0.2) is 51.9 Å². The third kappa shape index (κ3) is 3.16. The first-order valence-corrected chi connectivity index (χ1v) is 9.11. The Labute approximate surface area is 166 Å². The molecule has 7 heteroatoms. The van der Waals surface area contributed by atoms with Crippen LogP contribution in [-0.4, -0.2) is 21.8 Å². The Kier molecular flexibility index (Phi) is 4.65. The van der Waals surface area contributed by atoms with Crippen molar-refractivity contribution in [3.63, 3.8) is 0 Å². The number of nitrogens with zero attached hydrogens (tertiary/aromatic N) is 3. The molecule has 2 heterocycles. The van der Waals surface area contributed by atoms with E-state index in [1.165, 1.54) is 6.20 Å². The molecule has 0 fully saturated rings. The van der Waals surface area contributed by atoms with E-state index in [9.17, 15) is 4.79 Å². The van der Waals surface area contributed by atoms with E-state index in [2.05, 4.69) is 10.1 Å². The van der Waals surface area contributed by atoms with E-state index in [1.807, 2.05) is 38.1 Å². The smallest absolute Gasteiger partial charge is 0.269 e. The van der Waals surface area contributed by atoms with Crippen LogP contribution in [0.1, 0.15) is 17.0 Å². The first-order chi connectivity index (χ1) is 13.5. The molecule has 0 aliphatic heterocycles. The van der Waals surface area contributed by atoms with E-state index in [1.54, 1.807) is 23.8 Å². The lowest BCUT2D eigenvalue weighted by atomic mass is 10.0. The Bertz CT molecular complexity index is 1210. The third-order valence-corrected chi connectivity index (χ3v) is 4.98. The van der Waals surface area contributed by atoms with Crippen LogP contribution in [-0.2, 0) is 6.54 Å². The summed E-state index contributed by atoms with van der Waals surface area (Å²) in [5, 5.41) is 4.68. The van der Waals surface area contributed by atoms with Gasteiger partial charge in [0.15, 0.2) is 0 Å². The Hall–Kier alpha value is -3.12. The minimum Gasteiger partial charge on any atom is -0.496 e. The lowest BCUT2D eigenvalue weighted by molar-refractivity contribution is 0.393. The zero-order valence-electron chi connectivity index (χ0n) is 15.7. The zero-order chi connectivity index (χ0) is 19.8. The van der Waals surface area contributed by atoms with Gasteiger partial charge in [0, 0.05) is 16.7 Å². The number of ether oxygens (including phenoxy) is 1. The molecular formula is C21H18ClN3O3. The Morgan fingerprint density at radius 1 is 1.18 bits per heavy atom. The van der Waals surface area contributed by atoms with Crippen molar-refractivity contribution >= 4 is 22.6 Å². The van der Waals surface area contributed by atoms with Crippen molar-refractivity contribution in [1.82, 2.24) is 14.7 Å². The normalized spacial score (nSPS) is 11.1. The molecule has 142 valence electrons. The van der Waals surface area contributed by atoms with Crippen LogP contribution in [0.4, 0.5) is 0 Å². The molecule has 0 spiro atoms. The number of methoxy groups -OCH3 is 1. The summed E-state index contributed by atoms with van der Waals surface area (Å²) in [5.74, 6) is 1.32. The average Bonchev–Trinajstić information content (AvgIpc) is 3.03. The van der Waals surface area contributed by atoms with Gasteiger partial charge in [0.25, 0.3) is 5.56 Å². The van der Waals surface area contributed by atoms with Crippen LogP contribution in [0.5, 0.6) is 5.75 Å². The summed E-state index contributed by atoms with van der Waals surface area (Å²) in [7, 11) is 1.60. The number of rotatable bonds is 4. The van der Waals surface area contributed by atoms with Crippen LogP contribution >= 0.6 is 11.6 Å². The standard InChI is InChI=1S/C21H18ClN3O3/c1-12-21(13(2)28-24-12)16-8-17-18(9-19(16)27-3)25(20(26)10-23-17)11-14-4-6-15(22)7-5-14/h4-10H,11H2,1-3H3. The second kappa shape index (κ2) is 7.13. The van der Waals surface area contributed by atoms with Crippen LogP contribution in [0, 0.1) is 13.8 Å². The molecule has 0 saturated carbocycles.